The van der Waals surface area contributed by atoms with Crippen LogP contribution in [0.2, 0.25) is 0 Å². The predicted octanol–water partition coefficient (Wildman–Crippen LogP) is 16.2. The third kappa shape index (κ3) is 6.10. The van der Waals surface area contributed by atoms with Crippen molar-refractivity contribution in [3.8, 4) is 33.4 Å². The van der Waals surface area contributed by atoms with Crippen LogP contribution < -0.4 is 0 Å². The van der Waals surface area contributed by atoms with Crippen molar-refractivity contribution in [2.24, 2.45) is 0 Å². The van der Waals surface area contributed by atoms with Crippen LogP contribution >= 0.6 is 0 Å². The molecule has 15 rings (SSSR count). The van der Waals surface area contributed by atoms with Crippen LogP contribution in [0.25, 0.3) is 33.4 Å². The summed E-state index contributed by atoms with van der Waals surface area (Å²) in [6, 6.07) is 101. The summed E-state index contributed by atoms with van der Waals surface area (Å²) < 4.78 is 21.2. The molecule has 0 unspecified atom stereocenters. The number of fused-ring (bicyclic) bond motifs is 9. The molecule has 9 aromatic carbocycles. The van der Waals surface area contributed by atoms with Gasteiger partial charge in [-0.3, -0.25) is 15.0 Å². The molecule has 3 aliphatic rings. The molecule has 0 amide bonds. The van der Waals surface area contributed by atoms with E-state index in [1.165, 1.54) is 0 Å². The predicted molar refractivity (Wildman–Crippen MR) is 306 cm³/mol. The second-order valence-corrected chi connectivity index (χ2v) is 20.5. The standard InChI is InChI=1S/C73H48FN3/c74-73(67-46-22-43-64(75-67)70(49-25-4-1-5-26-49)58-37-16-10-31-52(58)53-32-11-17-38-59(53)70,68-47-23-44-65(76-68)71(50-27-6-2-7-28-50)60-39-18-12-33-54(60)55-34-13-19-40-61(55)71)69-48-24-45-66(77-69)72(51-29-8-3-9-30-51)62-41-20-14-35-56(62)57-36-15-21-42-63(57)72/h1-48H. The first kappa shape index (κ1) is 44.8. The molecule has 0 saturated carbocycles. The Hall–Kier alpha value is -9.64. The number of nitrogens with zero attached hydrogens (tertiary/aromatic N) is 3. The third-order valence-electron chi connectivity index (χ3n) is 16.9. The lowest BCUT2D eigenvalue weighted by Gasteiger charge is -2.36. The van der Waals surface area contributed by atoms with Crippen LogP contribution in [0.5, 0.6) is 0 Å². The fourth-order valence-corrected chi connectivity index (χ4v) is 13.9. The average Bonchev–Trinajstić information content (AvgIpc) is 4.13. The van der Waals surface area contributed by atoms with Gasteiger partial charge in [0.1, 0.15) is 0 Å². The van der Waals surface area contributed by atoms with E-state index in [-0.39, 0.29) is 17.1 Å². The lowest BCUT2D eigenvalue weighted by Crippen LogP contribution is -2.35. The van der Waals surface area contributed by atoms with E-state index in [1.807, 2.05) is 54.6 Å². The van der Waals surface area contributed by atoms with Crippen molar-refractivity contribution in [2.45, 2.75) is 21.9 Å². The van der Waals surface area contributed by atoms with E-state index in [0.29, 0.717) is 17.1 Å². The fourth-order valence-electron chi connectivity index (χ4n) is 13.9. The quantitative estimate of drug-likeness (QED) is 0.145. The third-order valence-corrected chi connectivity index (χ3v) is 16.9. The maximum absolute atomic E-state index is 21.2. The minimum atomic E-state index is -2.53. The topological polar surface area (TPSA) is 38.7 Å². The van der Waals surface area contributed by atoms with Crippen LogP contribution in [0.4, 0.5) is 4.39 Å². The monoisotopic (exact) mass is 985 g/mol. The molecule has 0 N–H and O–H groups in total. The smallest absolute Gasteiger partial charge is 0.236 e. The van der Waals surface area contributed by atoms with Crippen molar-refractivity contribution >= 4 is 0 Å². The van der Waals surface area contributed by atoms with Crippen molar-refractivity contribution in [3.63, 3.8) is 0 Å². The van der Waals surface area contributed by atoms with Gasteiger partial charge in [0.05, 0.1) is 50.4 Å². The van der Waals surface area contributed by atoms with Gasteiger partial charge in [-0.15, -0.1) is 0 Å². The molecule has 0 spiro atoms. The van der Waals surface area contributed by atoms with E-state index in [4.69, 9.17) is 15.0 Å². The van der Waals surface area contributed by atoms with Crippen LogP contribution in [0.1, 0.15) is 84.2 Å². The Morgan fingerprint density at radius 2 is 0.429 bits per heavy atom. The zero-order valence-electron chi connectivity index (χ0n) is 41.9. The molecule has 3 aromatic heterocycles. The molecule has 0 atom stereocenters. The molecule has 0 bridgehead atoms. The first-order valence-electron chi connectivity index (χ1n) is 26.5. The van der Waals surface area contributed by atoms with Gasteiger partial charge in [-0.1, -0.05) is 255 Å². The van der Waals surface area contributed by atoms with Gasteiger partial charge in [-0.25, -0.2) is 4.39 Å². The Balaban J connectivity index is 1.03. The van der Waals surface area contributed by atoms with E-state index >= 15 is 4.39 Å². The zero-order chi connectivity index (χ0) is 51.2. The maximum Gasteiger partial charge on any atom is 0.236 e. The maximum atomic E-state index is 21.2. The van der Waals surface area contributed by atoms with Crippen molar-refractivity contribution < 1.29 is 4.39 Å². The Morgan fingerprint density at radius 1 is 0.221 bits per heavy atom. The van der Waals surface area contributed by atoms with Crippen LogP contribution in [0.15, 0.2) is 291 Å². The second-order valence-electron chi connectivity index (χ2n) is 20.5. The summed E-state index contributed by atoms with van der Waals surface area (Å²) in [6.07, 6.45) is 0. The van der Waals surface area contributed by atoms with Gasteiger partial charge in [0.2, 0.25) is 5.67 Å². The summed E-state index contributed by atoms with van der Waals surface area (Å²) in [5.41, 5.74) is 13.9. The van der Waals surface area contributed by atoms with Gasteiger partial charge in [-0.2, -0.15) is 0 Å². The Bertz CT molecular complexity index is 3690. The normalized spacial score (nSPS) is 14.6. The molecule has 0 saturated heterocycles. The van der Waals surface area contributed by atoms with E-state index in [0.717, 1.165) is 83.5 Å². The molecular weight excluding hydrogens is 938 g/mol. The molecule has 0 aliphatic heterocycles. The summed E-state index contributed by atoms with van der Waals surface area (Å²) in [6.45, 7) is 0. The Morgan fingerprint density at radius 3 is 0.662 bits per heavy atom. The van der Waals surface area contributed by atoms with Gasteiger partial charge in [0.15, 0.2) is 0 Å². The van der Waals surface area contributed by atoms with Gasteiger partial charge in [0, 0.05) is 0 Å². The van der Waals surface area contributed by atoms with Gasteiger partial charge in [-0.05, 0) is 120 Å². The number of hydrogen-bond acceptors (Lipinski definition) is 3. The number of hydrogen-bond donors (Lipinski definition) is 0. The lowest BCUT2D eigenvalue weighted by molar-refractivity contribution is 0.256. The number of halogens is 1. The number of aromatic nitrogens is 3. The van der Waals surface area contributed by atoms with Gasteiger partial charge >= 0.3 is 0 Å². The summed E-state index contributed by atoms with van der Waals surface area (Å²) in [5, 5.41) is 0. The summed E-state index contributed by atoms with van der Waals surface area (Å²) in [4.78, 5) is 17.2. The van der Waals surface area contributed by atoms with Crippen molar-refractivity contribution in [1.82, 2.24) is 15.0 Å². The Labute approximate surface area is 447 Å². The SMILES string of the molecule is FC(c1cccc(C2(c3ccccc3)c3ccccc3-c3ccccc32)n1)(c1cccc(C2(c3ccccc3)c3ccccc3-c3ccccc32)n1)c1cccc(C2(c3ccccc3)c3ccccc3-c3ccccc32)n1. The van der Waals surface area contributed by atoms with Crippen LogP contribution in [-0.2, 0) is 21.9 Å². The van der Waals surface area contributed by atoms with E-state index in [2.05, 4.69) is 237 Å². The highest BCUT2D eigenvalue weighted by atomic mass is 19.1. The Kier molecular flexibility index (Phi) is 10.0. The summed E-state index contributed by atoms with van der Waals surface area (Å²) in [5.74, 6) is 0. The van der Waals surface area contributed by atoms with E-state index in [9.17, 15) is 0 Å². The first-order valence-corrected chi connectivity index (χ1v) is 26.5. The average molecular weight is 986 g/mol. The lowest BCUT2D eigenvalue weighted by atomic mass is 9.69. The molecular formula is C73H48FN3. The highest BCUT2D eigenvalue weighted by molar-refractivity contribution is 5.88. The molecule has 362 valence electrons. The van der Waals surface area contributed by atoms with Crippen molar-refractivity contribution in [1.29, 1.82) is 0 Å². The van der Waals surface area contributed by atoms with Crippen LogP contribution in [-0.4, -0.2) is 15.0 Å². The molecule has 77 heavy (non-hydrogen) atoms. The molecule has 0 fully saturated rings. The molecule has 3 nitrogen and oxygen atoms in total. The molecule has 0 radical (unpaired) electrons. The van der Waals surface area contributed by atoms with Crippen molar-refractivity contribution in [2.75, 3.05) is 0 Å². The highest BCUT2D eigenvalue weighted by Crippen LogP contribution is 2.59. The number of benzene rings is 9. The number of alkyl halides is 1. The molecule has 3 aliphatic carbocycles. The summed E-state index contributed by atoms with van der Waals surface area (Å²) in [7, 11) is 0. The summed E-state index contributed by atoms with van der Waals surface area (Å²) >= 11 is 0. The second kappa shape index (κ2) is 17.2. The van der Waals surface area contributed by atoms with Crippen molar-refractivity contribution in [3.05, 3.63) is 375 Å². The first-order chi connectivity index (χ1) is 38.1. The van der Waals surface area contributed by atoms with Crippen LogP contribution in [0, 0.1) is 0 Å². The molecule has 12 aromatic rings. The van der Waals surface area contributed by atoms with E-state index < -0.39 is 21.9 Å². The number of pyridine rings is 3. The minimum Gasteiger partial charge on any atom is -0.252 e. The van der Waals surface area contributed by atoms with E-state index in [1.54, 1.807) is 0 Å². The minimum absolute atomic E-state index is 0.184. The van der Waals surface area contributed by atoms with Crippen LogP contribution in [0.3, 0.4) is 0 Å². The number of rotatable bonds is 9. The largest absolute Gasteiger partial charge is 0.252 e. The molecule has 4 heteroatoms. The van der Waals surface area contributed by atoms with Gasteiger partial charge < -0.3 is 0 Å². The van der Waals surface area contributed by atoms with Gasteiger partial charge in [0.25, 0.3) is 0 Å². The fraction of sp³-hybridized carbons (Fsp3) is 0.0548. The zero-order valence-corrected chi connectivity index (χ0v) is 41.9. The highest BCUT2D eigenvalue weighted by Gasteiger charge is 2.53. The molecule has 3 heterocycles.